The maximum atomic E-state index is 13.1. The largest absolute Gasteiger partial charge is 0.416 e. The van der Waals surface area contributed by atoms with E-state index in [1.807, 2.05) is 6.92 Å². The molecule has 0 atom stereocenters. The second-order valence-corrected chi connectivity index (χ2v) is 5.98. The number of H-pyrrole nitrogens is 1. The van der Waals surface area contributed by atoms with Crippen molar-refractivity contribution in [3.63, 3.8) is 0 Å². The van der Waals surface area contributed by atoms with Gasteiger partial charge in [-0.25, -0.2) is 0 Å². The number of hydrogen-bond acceptors (Lipinski definition) is 2. The van der Waals surface area contributed by atoms with Crippen LogP contribution in [0.15, 0.2) is 30.6 Å². The minimum atomic E-state index is -4.42. The van der Waals surface area contributed by atoms with Crippen molar-refractivity contribution in [1.29, 1.82) is 0 Å². The number of rotatable bonds is 5. The topological polar surface area (TPSA) is 49.0 Å². The fraction of sp³-hybridized carbons (Fsp3) is 0.412. The van der Waals surface area contributed by atoms with Crippen LogP contribution in [0.2, 0.25) is 0 Å². The van der Waals surface area contributed by atoms with Gasteiger partial charge in [-0.05, 0) is 43.0 Å². The van der Waals surface area contributed by atoms with Gasteiger partial charge in [0.05, 0.1) is 11.8 Å². The van der Waals surface area contributed by atoms with Crippen LogP contribution < -0.4 is 0 Å². The van der Waals surface area contributed by atoms with E-state index in [0.29, 0.717) is 23.2 Å². The number of nitrogens with one attached hydrogen (secondary N) is 1. The summed E-state index contributed by atoms with van der Waals surface area (Å²) in [5.74, 6) is 0.0566. The maximum Gasteiger partial charge on any atom is 0.416 e. The first-order valence-electron chi connectivity index (χ1n) is 7.88. The highest BCUT2D eigenvalue weighted by atomic mass is 19.4. The second-order valence-electron chi connectivity index (χ2n) is 5.98. The average molecular weight is 337 g/mol. The highest BCUT2D eigenvalue weighted by Gasteiger charge is 2.34. The molecule has 1 amide bonds. The first-order valence-corrected chi connectivity index (χ1v) is 7.88. The normalized spacial score (nSPS) is 14.7. The molecule has 7 heteroatoms. The predicted molar refractivity (Wildman–Crippen MR) is 82.8 cm³/mol. The van der Waals surface area contributed by atoms with E-state index < -0.39 is 11.7 Å². The number of carbonyl (C=O) groups excluding carboxylic acids is 1. The smallest absolute Gasteiger partial charge is 0.338 e. The van der Waals surface area contributed by atoms with Gasteiger partial charge in [0.15, 0.2) is 0 Å². The Hall–Kier alpha value is -2.31. The van der Waals surface area contributed by atoms with Crippen LogP contribution >= 0.6 is 0 Å². The van der Waals surface area contributed by atoms with Crippen molar-refractivity contribution in [2.45, 2.75) is 32.5 Å². The molecule has 0 spiro atoms. The SMILES string of the molecule is CCN(Cc1cc(C(F)(F)F)ccc1-c1cn[nH]c1)C(=O)C1CC1. The fourth-order valence-electron chi connectivity index (χ4n) is 2.72. The number of nitrogens with zero attached hydrogens (tertiary/aromatic N) is 2. The van der Waals surface area contributed by atoms with Gasteiger partial charge < -0.3 is 4.90 Å². The molecule has 0 radical (unpaired) electrons. The summed E-state index contributed by atoms with van der Waals surface area (Å²) >= 11 is 0. The second kappa shape index (κ2) is 6.30. The number of hydrogen-bond donors (Lipinski definition) is 1. The minimum Gasteiger partial charge on any atom is -0.338 e. The van der Waals surface area contributed by atoms with E-state index in [4.69, 9.17) is 0 Å². The molecule has 1 heterocycles. The summed E-state index contributed by atoms with van der Waals surface area (Å²) in [7, 11) is 0. The van der Waals surface area contributed by atoms with Gasteiger partial charge in [0, 0.05) is 30.8 Å². The van der Waals surface area contributed by atoms with E-state index in [1.165, 1.54) is 6.07 Å². The first-order chi connectivity index (χ1) is 11.4. The summed E-state index contributed by atoms with van der Waals surface area (Å²) < 4.78 is 39.2. The molecular formula is C17H18F3N3O. The quantitative estimate of drug-likeness (QED) is 0.901. The van der Waals surface area contributed by atoms with Crippen LogP contribution in [0.5, 0.6) is 0 Å². The van der Waals surface area contributed by atoms with E-state index >= 15 is 0 Å². The zero-order valence-corrected chi connectivity index (χ0v) is 13.2. The van der Waals surface area contributed by atoms with Crippen molar-refractivity contribution < 1.29 is 18.0 Å². The summed E-state index contributed by atoms with van der Waals surface area (Å²) in [6.07, 6.45) is 0.510. The molecule has 0 unspecified atom stereocenters. The number of amides is 1. The lowest BCUT2D eigenvalue weighted by Crippen LogP contribution is -2.31. The van der Waals surface area contributed by atoms with Crippen LogP contribution in [-0.2, 0) is 17.5 Å². The van der Waals surface area contributed by atoms with E-state index in [0.717, 1.165) is 25.0 Å². The lowest BCUT2D eigenvalue weighted by molar-refractivity contribution is -0.137. The van der Waals surface area contributed by atoms with Gasteiger partial charge in [0.2, 0.25) is 5.91 Å². The van der Waals surface area contributed by atoms with E-state index in [2.05, 4.69) is 10.2 Å². The molecule has 1 aliphatic rings. The van der Waals surface area contributed by atoms with Crippen LogP contribution in [0.25, 0.3) is 11.1 Å². The Labute approximate surface area is 137 Å². The van der Waals surface area contributed by atoms with Crippen LogP contribution in [0.1, 0.15) is 30.9 Å². The van der Waals surface area contributed by atoms with Crippen molar-refractivity contribution in [2.75, 3.05) is 6.54 Å². The van der Waals surface area contributed by atoms with Crippen molar-refractivity contribution >= 4 is 5.91 Å². The van der Waals surface area contributed by atoms with E-state index in [9.17, 15) is 18.0 Å². The summed E-state index contributed by atoms with van der Waals surface area (Å²) in [5, 5.41) is 6.52. The summed E-state index contributed by atoms with van der Waals surface area (Å²) in [6, 6.07) is 3.63. The van der Waals surface area contributed by atoms with Crippen LogP contribution in [0.3, 0.4) is 0 Å². The van der Waals surface area contributed by atoms with Crippen LogP contribution in [0, 0.1) is 5.92 Å². The molecule has 0 aliphatic heterocycles. The minimum absolute atomic E-state index is 0.0213. The third-order valence-corrected chi connectivity index (χ3v) is 4.22. The summed E-state index contributed by atoms with van der Waals surface area (Å²) in [5.41, 5.74) is 1.12. The summed E-state index contributed by atoms with van der Waals surface area (Å²) in [4.78, 5) is 13.9. The Morgan fingerprint density at radius 3 is 2.67 bits per heavy atom. The molecule has 0 bridgehead atoms. The number of halogens is 3. The maximum absolute atomic E-state index is 13.1. The van der Waals surface area contributed by atoms with Crippen molar-refractivity contribution in [2.24, 2.45) is 5.92 Å². The van der Waals surface area contributed by atoms with Gasteiger partial charge in [0.1, 0.15) is 0 Å². The summed E-state index contributed by atoms with van der Waals surface area (Å²) in [6.45, 7) is 2.47. The number of aromatic amines is 1. The zero-order chi connectivity index (χ0) is 17.3. The monoisotopic (exact) mass is 337 g/mol. The Morgan fingerprint density at radius 1 is 1.38 bits per heavy atom. The molecule has 24 heavy (non-hydrogen) atoms. The lowest BCUT2D eigenvalue weighted by atomic mass is 9.98. The Bertz CT molecular complexity index is 721. The highest BCUT2D eigenvalue weighted by Crippen LogP contribution is 2.35. The highest BCUT2D eigenvalue weighted by molar-refractivity contribution is 5.81. The van der Waals surface area contributed by atoms with Crippen molar-refractivity contribution in [3.8, 4) is 11.1 Å². The molecule has 4 nitrogen and oxygen atoms in total. The van der Waals surface area contributed by atoms with E-state index in [1.54, 1.807) is 17.3 Å². The molecule has 3 rings (SSSR count). The fourth-order valence-corrected chi connectivity index (χ4v) is 2.72. The van der Waals surface area contributed by atoms with Gasteiger partial charge in [-0.1, -0.05) is 6.07 Å². The van der Waals surface area contributed by atoms with Crippen LogP contribution in [0.4, 0.5) is 13.2 Å². The number of aromatic nitrogens is 2. The van der Waals surface area contributed by atoms with Gasteiger partial charge in [0.25, 0.3) is 0 Å². The molecule has 1 N–H and O–H groups in total. The van der Waals surface area contributed by atoms with Gasteiger partial charge >= 0.3 is 6.18 Å². The van der Waals surface area contributed by atoms with Crippen LogP contribution in [-0.4, -0.2) is 27.5 Å². The molecule has 1 saturated carbocycles. The molecule has 1 aromatic carbocycles. The number of carbonyl (C=O) groups is 1. The Kier molecular flexibility index (Phi) is 4.34. The Morgan fingerprint density at radius 2 is 2.12 bits per heavy atom. The number of benzene rings is 1. The van der Waals surface area contributed by atoms with Gasteiger partial charge in [-0.3, -0.25) is 9.89 Å². The molecule has 1 aliphatic carbocycles. The van der Waals surface area contributed by atoms with Gasteiger partial charge in [-0.15, -0.1) is 0 Å². The van der Waals surface area contributed by atoms with Crippen molar-refractivity contribution in [3.05, 3.63) is 41.7 Å². The third-order valence-electron chi connectivity index (χ3n) is 4.22. The molecule has 1 aromatic heterocycles. The lowest BCUT2D eigenvalue weighted by Gasteiger charge is -2.23. The molecule has 2 aromatic rings. The third kappa shape index (κ3) is 3.44. The zero-order valence-electron chi connectivity index (χ0n) is 13.2. The van der Waals surface area contributed by atoms with Crippen molar-refractivity contribution in [1.82, 2.24) is 15.1 Å². The molecule has 128 valence electrons. The Balaban J connectivity index is 1.97. The molecule has 1 fully saturated rings. The molecule has 0 saturated heterocycles. The van der Waals surface area contributed by atoms with Gasteiger partial charge in [-0.2, -0.15) is 18.3 Å². The standard InChI is InChI=1S/C17H18F3N3O/c1-2-23(16(24)11-3-4-11)10-12-7-14(17(18,19)20)5-6-15(12)13-8-21-22-9-13/h5-9,11H,2-4,10H2,1H3,(H,21,22). The first kappa shape index (κ1) is 16.5. The van der Waals surface area contributed by atoms with E-state index in [-0.39, 0.29) is 18.4 Å². The predicted octanol–water partition coefficient (Wildman–Crippen LogP) is 3.85. The average Bonchev–Trinajstić information content (AvgIpc) is 3.26. The molecular weight excluding hydrogens is 319 g/mol. The number of alkyl halides is 3.